The Morgan fingerprint density at radius 3 is 2.43 bits per heavy atom. The molecule has 0 atom stereocenters. The van der Waals surface area contributed by atoms with Crippen LogP contribution >= 0.6 is 23.2 Å². The van der Waals surface area contributed by atoms with Crippen LogP contribution in [0.25, 0.3) is 10.9 Å². The summed E-state index contributed by atoms with van der Waals surface area (Å²) in [6.45, 7) is 1.71. The molecule has 0 unspecified atom stereocenters. The van der Waals surface area contributed by atoms with Crippen molar-refractivity contribution in [2.45, 2.75) is 30.2 Å². The number of rotatable bonds is 5. The molecule has 35 heavy (non-hydrogen) atoms. The molecule has 4 heterocycles. The van der Waals surface area contributed by atoms with E-state index in [1.165, 1.54) is 6.07 Å². The smallest absolute Gasteiger partial charge is 0.225 e. The number of fused-ring (bicyclic) bond motifs is 1. The molecule has 1 saturated heterocycles. The first-order chi connectivity index (χ1) is 16.7. The lowest BCUT2D eigenvalue weighted by Gasteiger charge is -2.32. The molecule has 3 aromatic heterocycles. The van der Waals surface area contributed by atoms with Crippen molar-refractivity contribution in [1.29, 1.82) is 0 Å². The fourth-order valence-corrected chi connectivity index (χ4v) is 5.65. The van der Waals surface area contributed by atoms with E-state index in [-0.39, 0.29) is 23.2 Å². The third kappa shape index (κ3) is 4.98. The summed E-state index contributed by atoms with van der Waals surface area (Å²) >= 11 is 12.3. The Morgan fingerprint density at radius 2 is 1.77 bits per heavy atom. The van der Waals surface area contributed by atoms with Crippen LogP contribution in [-0.4, -0.2) is 47.3 Å². The van der Waals surface area contributed by atoms with Gasteiger partial charge in [0.15, 0.2) is 9.84 Å². The summed E-state index contributed by atoms with van der Waals surface area (Å²) in [5.41, 5.74) is 1.80. The summed E-state index contributed by atoms with van der Waals surface area (Å²) in [5, 5.41) is 1.46. The fourth-order valence-electron chi connectivity index (χ4n) is 4.48. The maximum absolute atomic E-state index is 15.1. The first kappa shape index (κ1) is 24.0. The molecule has 1 aliphatic rings. The highest BCUT2D eigenvalue weighted by atomic mass is 35.5. The number of halogens is 3. The molecule has 1 fully saturated rings. The second kappa shape index (κ2) is 9.37. The van der Waals surface area contributed by atoms with E-state index in [1.807, 2.05) is 0 Å². The van der Waals surface area contributed by atoms with Gasteiger partial charge in [0, 0.05) is 37.1 Å². The Morgan fingerprint density at radius 1 is 1.06 bits per heavy atom. The van der Waals surface area contributed by atoms with Crippen molar-refractivity contribution in [3.63, 3.8) is 0 Å². The van der Waals surface area contributed by atoms with Crippen LogP contribution in [0.2, 0.25) is 10.0 Å². The number of benzene rings is 1. The third-order valence-electron chi connectivity index (χ3n) is 6.33. The SMILES string of the molecule is CS(=O)(=O)c1cc(Cl)c2c(ccn2Cc2ncc(C3CCN(c4ncc(Cl)cn4)CC3)cc2F)c1. The molecule has 0 aliphatic carbocycles. The topological polar surface area (TPSA) is 81.0 Å². The van der Waals surface area contributed by atoms with Gasteiger partial charge in [-0.05, 0) is 48.6 Å². The van der Waals surface area contributed by atoms with Gasteiger partial charge in [-0.1, -0.05) is 23.2 Å². The summed E-state index contributed by atoms with van der Waals surface area (Å²) in [7, 11) is -3.39. The average molecular weight is 534 g/mol. The first-order valence-electron chi connectivity index (χ1n) is 11.0. The van der Waals surface area contributed by atoms with Crippen molar-refractivity contribution in [3.8, 4) is 0 Å². The average Bonchev–Trinajstić information content (AvgIpc) is 3.24. The van der Waals surface area contributed by atoms with E-state index in [0.29, 0.717) is 32.6 Å². The molecule has 11 heteroatoms. The molecule has 0 N–H and O–H groups in total. The Bertz CT molecular complexity index is 1500. The number of nitrogens with zero attached hydrogens (tertiary/aromatic N) is 5. The highest BCUT2D eigenvalue weighted by molar-refractivity contribution is 7.90. The molecular formula is C24H22Cl2FN5O2S. The second-order valence-corrected chi connectivity index (χ2v) is 11.6. The van der Waals surface area contributed by atoms with E-state index in [0.717, 1.165) is 37.8 Å². The van der Waals surface area contributed by atoms with E-state index in [9.17, 15) is 8.42 Å². The number of hydrogen-bond acceptors (Lipinski definition) is 6. The molecule has 1 aromatic carbocycles. The fraction of sp³-hybridized carbons (Fsp3) is 0.292. The standard InChI is InChI=1S/C24H22Cl2FN5O2S/c1-35(33,34)19-8-16-4-7-32(23(16)20(26)10-19)14-22-21(27)9-17(11-28-22)15-2-5-31(6-3-15)24-29-12-18(25)13-30-24/h4,7-13,15H,2-3,5-6,14H2,1H3. The lowest BCUT2D eigenvalue weighted by Crippen LogP contribution is -2.34. The number of piperidine rings is 1. The second-order valence-electron chi connectivity index (χ2n) is 8.72. The lowest BCUT2D eigenvalue weighted by atomic mass is 9.90. The van der Waals surface area contributed by atoms with Crippen molar-refractivity contribution in [2.24, 2.45) is 0 Å². The van der Waals surface area contributed by atoms with Crippen molar-refractivity contribution in [2.75, 3.05) is 24.2 Å². The zero-order chi connectivity index (χ0) is 24.7. The summed E-state index contributed by atoms with van der Waals surface area (Å²) < 4.78 is 40.6. The summed E-state index contributed by atoms with van der Waals surface area (Å²) in [6.07, 6.45) is 9.48. The molecule has 0 bridgehead atoms. The summed E-state index contributed by atoms with van der Waals surface area (Å²) in [6, 6.07) is 6.32. The van der Waals surface area contributed by atoms with Gasteiger partial charge in [0.25, 0.3) is 0 Å². The minimum atomic E-state index is -3.39. The predicted octanol–water partition coefficient (Wildman–Crippen LogP) is 5.11. The van der Waals surface area contributed by atoms with E-state index < -0.39 is 9.84 Å². The predicted molar refractivity (Wildman–Crippen MR) is 135 cm³/mol. The quantitative estimate of drug-likeness (QED) is 0.354. The van der Waals surface area contributed by atoms with E-state index in [4.69, 9.17) is 23.2 Å². The van der Waals surface area contributed by atoms with E-state index in [1.54, 1.807) is 47.6 Å². The molecule has 4 aromatic rings. The molecule has 7 nitrogen and oxygen atoms in total. The number of aromatic nitrogens is 4. The monoisotopic (exact) mass is 533 g/mol. The van der Waals surface area contributed by atoms with Gasteiger partial charge in [0.05, 0.1) is 45.1 Å². The molecular weight excluding hydrogens is 512 g/mol. The van der Waals surface area contributed by atoms with Crippen molar-refractivity contribution in [3.05, 3.63) is 76.2 Å². The van der Waals surface area contributed by atoms with Crippen LogP contribution in [0.5, 0.6) is 0 Å². The first-order valence-corrected chi connectivity index (χ1v) is 13.7. The molecule has 5 rings (SSSR count). The van der Waals surface area contributed by atoms with Gasteiger partial charge in [-0.3, -0.25) is 4.98 Å². The number of sulfone groups is 1. The normalized spacial score (nSPS) is 15.1. The summed E-state index contributed by atoms with van der Waals surface area (Å²) in [5.74, 6) is 0.469. The van der Waals surface area contributed by atoms with Crippen molar-refractivity contribution in [1.82, 2.24) is 19.5 Å². The van der Waals surface area contributed by atoms with Crippen LogP contribution in [-0.2, 0) is 16.4 Å². The molecule has 182 valence electrons. The lowest BCUT2D eigenvalue weighted by molar-refractivity contribution is 0.493. The number of hydrogen-bond donors (Lipinski definition) is 0. The third-order valence-corrected chi connectivity index (χ3v) is 7.91. The van der Waals surface area contributed by atoms with Gasteiger partial charge < -0.3 is 9.47 Å². The molecule has 1 aliphatic heterocycles. The maximum atomic E-state index is 15.1. The van der Waals surface area contributed by atoms with Crippen LogP contribution < -0.4 is 4.90 Å². The van der Waals surface area contributed by atoms with E-state index >= 15 is 4.39 Å². The molecule has 0 saturated carbocycles. The highest BCUT2D eigenvalue weighted by Gasteiger charge is 2.23. The Labute approximate surface area is 212 Å². The van der Waals surface area contributed by atoms with E-state index in [2.05, 4.69) is 19.9 Å². The Hall–Kier alpha value is -2.75. The maximum Gasteiger partial charge on any atom is 0.225 e. The molecule has 0 amide bonds. The molecule has 0 radical (unpaired) electrons. The van der Waals surface area contributed by atoms with Gasteiger partial charge in [-0.2, -0.15) is 0 Å². The Balaban J connectivity index is 1.31. The van der Waals surface area contributed by atoms with Gasteiger partial charge in [0.1, 0.15) is 5.82 Å². The van der Waals surface area contributed by atoms with Crippen LogP contribution in [0, 0.1) is 5.82 Å². The number of pyridine rings is 1. The highest BCUT2D eigenvalue weighted by Crippen LogP contribution is 2.31. The Kier molecular flexibility index (Phi) is 6.41. The van der Waals surface area contributed by atoms with Gasteiger partial charge in [-0.15, -0.1) is 0 Å². The van der Waals surface area contributed by atoms with Crippen molar-refractivity contribution >= 4 is 49.9 Å². The molecule has 0 spiro atoms. The number of anilines is 1. The van der Waals surface area contributed by atoms with Gasteiger partial charge in [-0.25, -0.2) is 22.8 Å². The zero-order valence-corrected chi connectivity index (χ0v) is 21.2. The largest absolute Gasteiger partial charge is 0.341 e. The van der Waals surface area contributed by atoms with Gasteiger partial charge in [0.2, 0.25) is 5.95 Å². The van der Waals surface area contributed by atoms with Crippen molar-refractivity contribution < 1.29 is 12.8 Å². The minimum Gasteiger partial charge on any atom is -0.341 e. The van der Waals surface area contributed by atoms with Crippen LogP contribution in [0.15, 0.2) is 53.9 Å². The van der Waals surface area contributed by atoms with Crippen LogP contribution in [0.1, 0.15) is 30.0 Å². The van der Waals surface area contributed by atoms with Crippen LogP contribution in [0.3, 0.4) is 0 Å². The minimum absolute atomic E-state index is 0.148. The van der Waals surface area contributed by atoms with Crippen LogP contribution in [0.4, 0.5) is 10.3 Å². The zero-order valence-electron chi connectivity index (χ0n) is 18.8. The van der Waals surface area contributed by atoms with Gasteiger partial charge >= 0.3 is 0 Å². The summed E-state index contributed by atoms with van der Waals surface area (Å²) in [4.78, 5) is 15.2.